The zero-order chi connectivity index (χ0) is 14.0. The van der Waals surface area contributed by atoms with Crippen LogP contribution in [-0.4, -0.2) is 5.24 Å². The highest BCUT2D eigenvalue weighted by Gasteiger charge is 2.60. The van der Waals surface area contributed by atoms with E-state index in [1.807, 2.05) is 50.3 Å². The van der Waals surface area contributed by atoms with E-state index in [9.17, 15) is 10.1 Å². The third-order valence-corrected chi connectivity index (χ3v) is 4.76. The van der Waals surface area contributed by atoms with Crippen LogP contribution in [0.4, 0.5) is 0 Å². The predicted molar refractivity (Wildman–Crippen MR) is 77.6 cm³/mol. The van der Waals surface area contributed by atoms with E-state index in [2.05, 4.69) is 6.07 Å². The molecule has 4 heteroatoms. The summed E-state index contributed by atoms with van der Waals surface area (Å²) in [6.07, 6.45) is 1.88. The molecular formula is C15H14ClNOS. The molecule has 1 aromatic rings. The summed E-state index contributed by atoms with van der Waals surface area (Å²) in [5.41, 5.74) is -0.141. The molecule has 1 aliphatic carbocycles. The largest absolute Gasteiger partial charge is 0.281 e. The molecule has 98 valence electrons. The third kappa shape index (κ3) is 3.02. The maximum absolute atomic E-state index is 11.3. The average molecular weight is 292 g/mol. The zero-order valence-electron chi connectivity index (χ0n) is 10.8. The number of carbonyl (C=O) groups is 1. The number of rotatable bonds is 4. The Morgan fingerprint density at radius 1 is 1.42 bits per heavy atom. The Labute approximate surface area is 122 Å². The maximum Gasteiger partial charge on any atom is 0.225 e. The molecule has 2 atom stereocenters. The van der Waals surface area contributed by atoms with Crippen molar-refractivity contribution < 1.29 is 4.79 Å². The van der Waals surface area contributed by atoms with Crippen LogP contribution < -0.4 is 0 Å². The lowest BCUT2D eigenvalue weighted by Gasteiger charge is -2.00. The van der Waals surface area contributed by atoms with E-state index in [0.29, 0.717) is 4.91 Å². The Bertz CT molecular complexity index is 559. The molecule has 0 aliphatic heterocycles. The summed E-state index contributed by atoms with van der Waals surface area (Å²) in [6.45, 7) is 4.00. The Morgan fingerprint density at radius 2 is 2.05 bits per heavy atom. The Kier molecular flexibility index (Phi) is 4.03. The number of hydrogen-bond acceptors (Lipinski definition) is 3. The lowest BCUT2D eigenvalue weighted by molar-refractivity contribution is -0.113. The normalized spacial score (nSPS) is 24.6. The van der Waals surface area contributed by atoms with E-state index in [4.69, 9.17) is 11.6 Å². The molecule has 2 rings (SSSR count). The van der Waals surface area contributed by atoms with Gasteiger partial charge in [0.05, 0.1) is 4.91 Å². The molecule has 0 amide bonds. The van der Waals surface area contributed by atoms with Gasteiger partial charge in [-0.3, -0.25) is 4.79 Å². The Balaban J connectivity index is 2.14. The van der Waals surface area contributed by atoms with Crippen molar-refractivity contribution in [3.05, 3.63) is 41.3 Å². The molecule has 0 radical (unpaired) electrons. The highest BCUT2D eigenvalue weighted by atomic mass is 35.5. The minimum atomic E-state index is -0.312. The molecular weight excluding hydrogens is 278 g/mol. The van der Waals surface area contributed by atoms with Gasteiger partial charge < -0.3 is 0 Å². The average Bonchev–Trinajstić information content (AvgIpc) is 2.91. The molecule has 19 heavy (non-hydrogen) atoms. The molecule has 1 aliphatic rings. The van der Waals surface area contributed by atoms with E-state index in [0.717, 1.165) is 4.90 Å². The van der Waals surface area contributed by atoms with Crippen molar-refractivity contribution in [3.8, 4) is 6.07 Å². The van der Waals surface area contributed by atoms with Gasteiger partial charge in [0.25, 0.3) is 0 Å². The van der Waals surface area contributed by atoms with Gasteiger partial charge in [-0.25, -0.2) is 0 Å². The third-order valence-electron chi connectivity index (χ3n) is 3.57. The molecule has 1 fully saturated rings. The molecule has 1 aromatic carbocycles. The van der Waals surface area contributed by atoms with Crippen LogP contribution in [-0.2, 0) is 4.79 Å². The van der Waals surface area contributed by atoms with Crippen LogP contribution in [0.1, 0.15) is 13.8 Å². The van der Waals surface area contributed by atoms with Crippen molar-refractivity contribution >= 4 is 28.6 Å². The van der Waals surface area contributed by atoms with Crippen LogP contribution in [0.3, 0.4) is 0 Å². The van der Waals surface area contributed by atoms with Crippen LogP contribution in [0.25, 0.3) is 0 Å². The number of halogens is 1. The number of carbonyl (C=O) groups excluding carboxylic acids is 1. The Morgan fingerprint density at radius 3 is 2.53 bits per heavy atom. The first-order valence-electron chi connectivity index (χ1n) is 6.01. The highest BCUT2D eigenvalue weighted by molar-refractivity contribution is 8.03. The SMILES string of the molecule is CC1(C)[C@H](C=C(C#N)Sc2ccccc2)[C@H]1C(=O)Cl. The van der Waals surface area contributed by atoms with Crippen molar-refractivity contribution in [1.29, 1.82) is 5.26 Å². The maximum atomic E-state index is 11.3. The molecule has 0 aromatic heterocycles. The van der Waals surface area contributed by atoms with E-state index in [1.165, 1.54) is 11.8 Å². The summed E-state index contributed by atoms with van der Waals surface area (Å²) in [5, 5.41) is 8.89. The van der Waals surface area contributed by atoms with Gasteiger partial charge in [0, 0.05) is 10.8 Å². The zero-order valence-corrected chi connectivity index (χ0v) is 12.3. The van der Waals surface area contributed by atoms with Gasteiger partial charge in [-0.15, -0.1) is 0 Å². The quantitative estimate of drug-likeness (QED) is 0.474. The standard InChI is InChI=1S/C15H14ClNOS/c1-15(2)12(13(15)14(16)18)8-11(9-17)19-10-6-4-3-5-7-10/h3-8,12-13H,1-2H3/t12-,13+/m1/s1. The monoisotopic (exact) mass is 291 g/mol. The number of benzene rings is 1. The summed E-state index contributed by atoms with van der Waals surface area (Å²) in [7, 11) is 0. The Hall–Kier alpha value is -1.24. The first kappa shape index (κ1) is 14.2. The van der Waals surface area contributed by atoms with Gasteiger partial charge in [-0.05, 0) is 35.1 Å². The van der Waals surface area contributed by atoms with Gasteiger partial charge in [0.2, 0.25) is 5.24 Å². The lowest BCUT2D eigenvalue weighted by atomic mass is 10.1. The second-order valence-corrected chi connectivity index (χ2v) is 6.67. The molecule has 2 nitrogen and oxygen atoms in total. The summed E-state index contributed by atoms with van der Waals surface area (Å²) in [4.78, 5) is 12.9. The second-order valence-electron chi connectivity index (χ2n) is 5.19. The van der Waals surface area contributed by atoms with Gasteiger partial charge in [0.15, 0.2) is 0 Å². The smallest absolute Gasteiger partial charge is 0.225 e. The van der Waals surface area contributed by atoms with E-state index in [-0.39, 0.29) is 22.5 Å². The molecule has 1 saturated carbocycles. The van der Waals surface area contributed by atoms with Crippen LogP contribution in [0, 0.1) is 28.6 Å². The molecule has 0 unspecified atom stereocenters. The molecule has 0 saturated heterocycles. The number of nitriles is 1. The summed E-state index contributed by atoms with van der Waals surface area (Å²) < 4.78 is 0. The highest BCUT2D eigenvalue weighted by Crippen LogP contribution is 2.60. The molecule has 0 bridgehead atoms. The van der Waals surface area contributed by atoms with E-state index >= 15 is 0 Å². The van der Waals surface area contributed by atoms with Gasteiger partial charge in [-0.1, -0.05) is 49.9 Å². The molecule has 0 heterocycles. The van der Waals surface area contributed by atoms with Crippen molar-refractivity contribution in [1.82, 2.24) is 0 Å². The van der Waals surface area contributed by atoms with Gasteiger partial charge >= 0.3 is 0 Å². The topological polar surface area (TPSA) is 40.9 Å². The van der Waals surface area contributed by atoms with Crippen LogP contribution in [0.5, 0.6) is 0 Å². The van der Waals surface area contributed by atoms with Crippen molar-refractivity contribution in [2.45, 2.75) is 18.7 Å². The second kappa shape index (κ2) is 5.40. The van der Waals surface area contributed by atoms with Crippen molar-refractivity contribution in [2.24, 2.45) is 17.3 Å². The minimum Gasteiger partial charge on any atom is -0.281 e. The summed E-state index contributed by atoms with van der Waals surface area (Å²) >= 11 is 7.00. The first-order valence-corrected chi connectivity index (χ1v) is 7.20. The summed E-state index contributed by atoms with van der Waals surface area (Å²) in [6, 6.07) is 11.9. The van der Waals surface area contributed by atoms with Crippen LogP contribution in [0.15, 0.2) is 46.2 Å². The van der Waals surface area contributed by atoms with Crippen molar-refractivity contribution in [2.75, 3.05) is 0 Å². The van der Waals surface area contributed by atoms with Gasteiger partial charge in [-0.2, -0.15) is 5.26 Å². The fourth-order valence-corrected chi connectivity index (χ4v) is 3.52. The minimum absolute atomic E-state index is 0.0587. The van der Waals surface area contributed by atoms with Crippen LogP contribution in [0.2, 0.25) is 0 Å². The first-order chi connectivity index (χ1) is 8.96. The van der Waals surface area contributed by atoms with E-state index in [1.54, 1.807) is 0 Å². The number of allylic oxidation sites excluding steroid dienone is 2. The molecule has 0 spiro atoms. The predicted octanol–water partition coefficient (Wildman–Crippen LogP) is 4.22. The number of nitrogens with zero attached hydrogens (tertiary/aromatic N) is 1. The number of thioether (sulfide) groups is 1. The fraction of sp³-hybridized carbons (Fsp3) is 0.333. The van der Waals surface area contributed by atoms with Gasteiger partial charge in [0.1, 0.15) is 6.07 Å². The lowest BCUT2D eigenvalue weighted by Crippen LogP contribution is -1.96. The summed E-state index contributed by atoms with van der Waals surface area (Å²) in [5.74, 6) is -0.114. The van der Waals surface area contributed by atoms with E-state index < -0.39 is 0 Å². The van der Waals surface area contributed by atoms with Crippen molar-refractivity contribution in [3.63, 3.8) is 0 Å². The van der Waals surface area contributed by atoms with Crippen LogP contribution >= 0.6 is 23.4 Å². The number of hydrogen-bond donors (Lipinski definition) is 0. The molecule has 0 N–H and O–H groups in total. The fourth-order valence-electron chi connectivity index (χ4n) is 2.29.